The standard InChI is InChI=1S/C8H10N2O3/c1-13-6-3-4(8(9)10)2-5(11)7(6)12/h2-3,11-12H,1H3,(H3,9,10). The van der Waals surface area contributed by atoms with E-state index in [1.165, 1.54) is 19.2 Å². The zero-order valence-corrected chi connectivity index (χ0v) is 7.03. The fourth-order valence-electron chi connectivity index (χ4n) is 0.904. The minimum absolute atomic E-state index is 0.0881. The highest BCUT2D eigenvalue weighted by atomic mass is 16.5. The second kappa shape index (κ2) is 3.22. The molecule has 5 N–H and O–H groups in total. The van der Waals surface area contributed by atoms with Crippen LogP contribution in [-0.4, -0.2) is 23.2 Å². The van der Waals surface area contributed by atoms with Crippen LogP contribution >= 0.6 is 0 Å². The Morgan fingerprint density at radius 1 is 1.46 bits per heavy atom. The summed E-state index contributed by atoms with van der Waals surface area (Å²) in [7, 11) is 1.35. The molecule has 1 rings (SSSR count). The van der Waals surface area contributed by atoms with Gasteiger partial charge in [-0.2, -0.15) is 0 Å². The molecule has 0 heterocycles. The summed E-state index contributed by atoms with van der Waals surface area (Å²) in [6.45, 7) is 0. The lowest BCUT2D eigenvalue weighted by molar-refractivity contribution is 0.351. The number of nitrogen functional groups attached to an aromatic ring is 1. The van der Waals surface area contributed by atoms with Gasteiger partial charge in [-0.25, -0.2) is 0 Å². The van der Waals surface area contributed by atoms with Crippen molar-refractivity contribution < 1.29 is 14.9 Å². The van der Waals surface area contributed by atoms with E-state index in [0.717, 1.165) is 0 Å². The van der Waals surface area contributed by atoms with Gasteiger partial charge in [0.15, 0.2) is 11.5 Å². The molecule has 1 aromatic rings. The summed E-state index contributed by atoms with van der Waals surface area (Å²) >= 11 is 0. The summed E-state index contributed by atoms with van der Waals surface area (Å²) in [4.78, 5) is 0. The zero-order chi connectivity index (χ0) is 10.0. The summed E-state index contributed by atoms with van der Waals surface area (Å²) in [6.07, 6.45) is 0. The Morgan fingerprint density at radius 3 is 2.54 bits per heavy atom. The first-order chi connectivity index (χ1) is 6.06. The number of hydrogen-bond donors (Lipinski definition) is 4. The SMILES string of the molecule is COc1cc(C(=N)N)cc(O)c1O. The van der Waals surface area contributed by atoms with Gasteiger partial charge in [-0.3, -0.25) is 5.41 Å². The van der Waals surface area contributed by atoms with Gasteiger partial charge in [0.05, 0.1) is 7.11 Å². The third-order valence-electron chi connectivity index (χ3n) is 1.59. The van der Waals surface area contributed by atoms with E-state index >= 15 is 0 Å². The topological polar surface area (TPSA) is 99.6 Å². The number of aromatic hydroxyl groups is 2. The molecule has 0 unspecified atom stereocenters. The number of methoxy groups -OCH3 is 1. The molecule has 0 aliphatic rings. The second-order valence-electron chi connectivity index (χ2n) is 2.46. The quantitative estimate of drug-likeness (QED) is 0.302. The van der Waals surface area contributed by atoms with Crippen LogP contribution < -0.4 is 10.5 Å². The van der Waals surface area contributed by atoms with Crippen LogP contribution in [0.4, 0.5) is 0 Å². The fourth-order valence-corrected chi connectivity index (χ4v) is 0.904. The van der Waals surface area contributed by atoms with Crippen molar-refractivity contribution in [3.05, 3.63) is 17.7 Å². The van der Waals surface area contributed by atoms with E-state index in [4.69, 9.17) is 15.9 Å². The van der Waals surface area contributed by atoms with Crippen molar-refractivity contribution in [2.75, 3.05) is 7.11 Å². The van der Waals surface area contributed by atoms with Crippen LogP contribution in [0.5, 0.6) is 17.2 Å². The number of phenolic OH excluding ortho intramolecular Hbond substituents is 2. The molecule has 0 atom stereocenters. The van der Waals surface area contributed by atoms with Crippen molar-refractivity contribution in [3.63, 3.8) is 0 Å². The smallest absolute Gasteiger partial charge is 0.200 e. The van der Waals surface area contributed by atoms with Gasteiger partial charge in [-0.05, 0) is 12.1 Å². The number of benzene rings is 1. The molecule has 70 valence electrons. The average molecular weight is 182 g/mol. The fraction of sp³-hybridized carbons (Fsp3) is 0.125. The Labute approximate surface area is 74.9 Å². The van der Waals surface area contributed by atoms with Gasteiger partial charge < -0.3 is 20.7 Å². The van der Waals surface area contributed by atoms with Crippen LogP contribution in [0.15, 0.2) is 12.1 Å². The zero-order valence-electron chi connectivity index (χ0n) is 7.03. The highest BCUT2D eigenvalue weighted by molar-refractivity contribution is 5.96. The molecular weight excluding hydrogens is 172 g/mol. The molecule has 0 radical (unpaired) electrons. The van der Waals surface area contributed by atoms with Gasteiger partial charge in [0, 0.05) is 5.56 Å². The molecule has 0 bridgehead atoms. The van der Waals surface area contributed by atoms with E-state index < -0.39 is 0 Å². The Kier molecular flexibility index (Phi) is 2.27. The highest BCUT2D eigenvalue weighted by Crippen LogP contribution is 2.35. The molecular formula is C8H10N2O3. The molecule has 5 heteroatoms. The largest absolute Gasteiger partial charge is 0.504 e. The van der Waals surface area contributed by atoms with Gasteiger partial charge in [-0.1, -0.05) is 0 Å². The van der Waals surface area contributed by atoms with Crippen LogP contribution in [0.25, 0.3) is 0 Å². The number of amidine groups is 1. The van der Waals surface area contributed by atoms with Crippen molar-refractivity contribution in [3.8, 4) is 17.2 Å². The molecule has 0 aliphatic heterocycles. The van der Waals surface area contributed by atoms with Crippen LogP contribution in [-0.2, 0) is 0 Å². The van der Waals surface area contributed by atoms with Crippen molar-refractivity contribution in [2.45, 2.75) is 0 Å². The minimum Gasteiger partial charge on any atom is -0.504 e. The summed E-state index contributed by atoms with van der Waals surface area (Å²) in [5, 5.41) is 25.5. The first-order valence-electron chi connectivity index (χ1n) is 3.50. The van der Waals surface area contributed by atoms with Crippen molar-refractivity contribution in [1.29, 1.82) is 5.41 Å². The van der Waals surface area contributed by atoms with E-state index in [0.29, 0.717) is 5.56 Å². The summed E-state index contributed by atoms with van der Waals surface area (Å²) < 4.78 is 4.75. The number of rotatable bonds is 2. The molecule has 0 spiro atoms. The van der Waals surface area contributed by atoms with Gasteiger partial charge in [0.1, 0.15) is 5.84 Å². The van der Waals surface area contributed by atoms with E-state index in [1.54, 1.807) is 0 Å². The third-order valence-corrected chi connectivity index (χ3v) is 1.59. The van der Waals surface area contributed by atoms with Crippen molar-refractivity contribution in [2.24, 2.45) is 5.73 Å². The van der Waals surface area contributed by atoms with Gasteiger partial charge >= 0.3 is 0 Å². The van der Waals surface area contributed by atoms with E-state index in [1.807, 2.05) is 0 Å². The molecule has 5 nitrogen and oxygen atoms in total. The van der Waals surface area contributed by atoms with Crippen LogP contribution in [0, 0.1) is 5.41 Å². The number of hydrogen-bond acceptors (Lipinski definition) is 4. The lowest BCUT2D eigenvalue weighted by Crippen LogP contribution is -2.10. The van der Waals surface area contributed by atoms with Gasteiger partial charge in [-0.15, -0.1) is 0 Å². The van der Waals surface area contributed by atoms with Crippen LogP contribution in [0.2, 0.25) is 0 Å². The molecule has 1 aromatic carbocycles. The first kappa shape index (κ1) is 9.18. The minimum atomic E-state index is -0.357. The van der Waals surface area contributed by atoms with E-state index in [2.05, 4.69) is 0 Å². The van der Waals surface area contributed by atoms with Crippen LogP contribution in [0.3, 0.4) is 0 Å². The molecule has 0 saturated heterocycles. The maximum Gasteiger partial charge on any atom is 0.200 e. The Bertz CT molecular complexity index is 349. The lowest BCUT2D eigenvalue weighted by Gasteiger charge is -2.07. The molecule has 0 saturated carbocycles. The number of nitrogens with two attached hydrogens (primary N) is 1. The molecule has 0 fully saturated rings. The van der Waals surface area contributed by atoms with E-state index in [-0.39, 0.29) is 23.1 Å². The Balaban J connectivity index is 3.30. The second-order valence-corrected chi connectivity index (χ2v) is 2.46. The van der Waals surface area contributed by atoms with Gasteiger partial charge in [0.2, 0.25) is 5.75 Å². The Morgan fingerprint density at radius 2 is 2.08 bits per heavy atom. The maximum atomic E-state index is 9.22. The predicted octanol–water partition coefficient (Wildman–Crippen LogP) is 0.390. The monoisotopic (exact) mass is 182 g/mol. The average Bonchev–Trinajstić information content (AvgIpc) is 2.09. The number of phenols is 2. The van der Waals surface area contributed by atoms with Crippen molar-refractivity contribution in [1.82, 2.24) is 0 Å². The van der Waals surface area contributed by atoms with E-state index in [9.17, 15) is 10.2 Å². The third kappa shape index (κ3) is 1.64. The summed E-state index contributed by atoms with van der Waals surface area (Å²) in [6, 6.07) is 2.57. The summed E-state index contributed by atoms with van der Waals surface area (Å²) in [5.41, 5.74) is 5.49. The molecule has 0 aliphatic carbocycles. The lowest BCUT2D eigenvalue weighted by atomic mass is 10.1. The molecule has 0 amide bonds. The molecule has 13 heavy (non-hydrogen) atoms. The maximum absolute atomic E-state index is 9.22. The predicted molar refractivity (Wildman–Crippen MR) is 47.3 cm³/mol. The Hall–Kier alpha value is -1.91. The number of nitrogens with one attached hydrogen (secondary N) is 1. The molecule has 0 aromatic heterocycles. The van der Waals surface area contributed by atoms with Gasteiger partial charge in [0.25, 0.3) is 0 Å². The van der Waals surface area contributed by atoms with Crippen LogP contribution in [0.1, 0.15) is 5.56 Å². The highest BCUT2D eigenvalue weighted by Gasteiger charge is 2.10. The number of ether oxygens (including phenoxy) is 1. The first-order valence-corrected chi connectivity index (χ1v) is 3.50. The summed E-state index contributed by atoms with van der Waals surface area (Å²) in [5.74, 6) is -0.823. The normalized spacial score (nSPS) is 9.62. The van der Waals surface area contributed by atoms with Crippen molar-refractivity contribution >= 4 is 5.84 Å².